The first-order chi connectivity index (χ1) is 18.6. The first kappa shape index (κ1) is 36.9. The molecule has 0 aliphatic carbocycles. The lowest BCUT2D eigenvalue weighted by Gasteiger charge is -2.15. The highest BCUT2D eigenvalue weighted by atomic mass is 16.6. The molecule has 0 aromatic heterocycles. The van der Waals surface area contributed by atoms with Crippen molar-refractivity contribution in [2.75, 3.05) is 13.2 Å². The lowest BCUT2D eigenvalue weighted by molar-refractivity contribution is -0.161. The number of hydrogen-bond acceptors (Lipinski definition) is 5. The molecule has 0 aliphatic heterocycles. The van der Waals surface area contributed by atoms with Gasteiger partial charge in [-0.25, -0.2) is 0 Å². The molecule has 1 atom stereocenters. The van der Waals surface area contributed by atoms with E-state index in [1.165, 1.54) is 122 Å². The number of carbonyl (C=O) groups is 2. The average Bonchev–Trinajstić information content (AvgIpc) is 2.92. The molecule has 0 bridgehead atoms. The molecule has 5 heteroatoms. The Morgan fingerprint density at radius 2 is 0.816 bits per heavy atom. The van der Waals surface area contributed by atoms with Crippen LogP contribution in [0.15, 0.2) is 0 Å². The molecule has 0 aromatic carbocycles. The highest BCUT2D eigenvalue weighted by molar-refractivity contribution is 5.70. The van der Waals surface area contributed by atoms with Crippen molar-refractivity contribution >= 4 is 11.9 Å². The number of aliphatic hydroxyl groups is 1. The zero-order chi connectivity index (χ0) is 27.9. The third-order valence-electron chi connectivity index (χ3n) is 7.40. The smallest absolute Gasteiger partial charge is 0.306 e. The van der Waals surface area contributed by atoms with E-state index in [1.807, 2.05) is 0 Å². The van der Waals surface area contributed by atoms with Crippen LogP contribution in [0.4, 0.5) is 0 Å². The van der Waals surface area contributed by atoms with Gasteiger partial charge in [0.1, 0.15) is 6.61 Å². The molecule has 0 amide bonds. The Bertz CT molecular complexity index is 508. The Morgan fingerprint density at radius 1 is 0.500 bits per heavy atom. The normalized spacial score (nSPS) is 12.0. The number of aliphatic hydroxyl groups excluding tert-OH is 1. The van der Waals surface area contributed by atoms with Gasteiger partial charge in [0.2, 0.25) is 0 Å². The van der Waals surface area contributed by atoms with Gasteiger partial charge >= 0.3 is 11.9 Å². The minimum Gasteiger partial charge on any atom is -0.462 e. The van der Waals surface area contributed by atoms with Gasteiger partial charge in [0.05, 0.1) is 6.61 Å². The first-order valence-corrected chi connectivity index (χ1v) is 16.6. The number of rotatable bonds is 30. The number of esters is 2. The standard InChI is InChI=1S/C33H64O5/c1-3-5-7-9-11-13-14-15-16-17-18-19-20-22-23-25-27-32(35)37-30-31(29-34)38-33(36)28-26-24-21-12-10-8-6-4-2/h31,34H,3-30H2,1-2H3/t31-/m0/s1. The van der Waals surface area contributed by atoms with E-state index < -0.39 is 6.10 Å². The number of unbranched alkanes of at least 4 members (excludes halogenated alkanes) is 22. The van der Waals surface area contributed by atoms with Gasteiger partial charge in [-0.2, -0.15) is 0 Å². The molecular weight excluding hydrogens is 476 g/mol. The monoisotopic (exact) mass is 540 g/mol. The van der Waals surface area contributed by atoms with E-state index in [-0.39, 0.29) is 25.2 Å². The maximum atomic E-state index is 12.0. The minimum absolute atomic E-state index is 0.0582. The summed E-state index contributed by atoms with van der Waals surface area (Å²) in [7, 11) is 0. The van der Waals surface area contributed by atoms with Crippen LogP contribution in [0.5, 0.6) is 0 Å². The highest BCUT2D eigenvalue weighted by Gasteiger charge is 2.16. The molecule has 38 heavy (non-hydrogen) atoms. The fraction of sp³-hybridized carbons (Fsp3) is 0.939. The Hall–Kier alpha value is -1.10. The second-order valence-corrected chi connectivity index (χ2v) is 11.3. The van der Waals surface area contributed by atoms with Crippen molar-refractivity contribution in [3.05, 3.63) is 0 Å². The van der Waals surface area contributed by atoms with Crippen molar-refractivity contribution in [2.24, 2.45) is 0 Å². The Labute approximate surface area is 236 Å². The zero-order valence-corrected chi connectivity index (χ0v) is 25.5. The van der Waals surface area contributed by atoms with Gasteiger partial charge in [-0.3, -0.25) is 9.59 Å². The topological polar surface area (TPSA) is 72.8 Å². The van der Waals surface area contributed by atoms with Crippen LogP contribution < -0.4 is 0 Å². The summed E-state index contributed by atoms with van der Waals surface area (Å²) in [4.78, 5) is 24.0. The third-order valence-corrected chi connectivity index (χ3v) is 7.40. The van der Waals surface area contributed by atoms with E-state index in [2.05, 4.69) is 13.8 Å². The molecule has 0 saturated carbocycles. The van der Waals surface area contributed by atoms with Crippen LogP contribution in [-0.2, 0) is 19.1 Å². The van der Waals surface area contributed by atoms with Gasteiger partial charge in [0.25, 0.3) is 0 Å². The van der Waals surface area contributed by atoms with Crippen molar-refractivity contribution in [1.29, 1.82) is 0 Å². The van der Waals surface area contributed by atoms with E-state index in [1.54, 1.807) is 0 Å². The van der Waals surface area contributed by atoms with Crippen molar-refractivity contribution in [3.8, 4) is 0 Å². The lowest BCUT2D eigenvalue weighted by atomic mass is 10.0. The molecule has 0 aromatic rings. The fourth-order valence-electron chi connectivity index (χ4n) is 4.85. The molecule has 0 fully saturated rings. The van der Waals surface area contributed by atoms with Gasteiger partial charge in [-0.1, -0.05) is 155 Å². The Kier molecular flexibility index (Phi) is 29.6. The van der Waals surface area contributed by atoms with Crippen LogP contribution in [0, 0.1) is 0 Å². The van der Waals surface area contributed by atoms with Crippen molar-refractivity contribution in [2.45, 2.75) is 187 Å². The number of carbonyl (C=O) groups excluding carboxylic acids is 2. The van der Waals surface area contributed by atoms with E-state index in [9.17, 15) is 14.7 Å². The predicted molar refractivity (Wildman–Crippen MR) is 159 cm³/mol. The predicted octanol–water partition coefficient (Wildman–Crippen LogP) is 9.62. The Balaban J connectivity index is 3.50. The lowest BCUT2D eigenvalue weighted by Crippen LogP contribution is -2.28. The summed E-state index contributed by atoms with van der Waals surface area (Å²) in [5.74, 6) is -0.586. The molecule has 0 saturated heterocycles. The fourth-order valence-corrected chi connectivity index (χ4v) is 4.85. The van der Waals surface area contributed by atoms with Gasteiger partial charge in [0.15, 0.2) is 6.10 Å². The van der Waals surface area contributed by atoms with Crippen molar-refractivity contribution in [3.63, 3.8) is 0 Å². The van der Waals surface area contributed by atoms with E-state index in [4.69, 9.17) is 9.47 Å². The summed E-state index contributed by atoms with van der Waals surface area (Å²) in [6, 6.07) is 0. The molecule has 226 valence electrons. The summed E-state index contributed by atoms with van der Waals surface area (Å²) in [5.41, 5.74) is 0. The molecular formula is C33H64O5. The number of ether oxygens (including phenoxy) is 2. The van der Waals surface area contributed by atoms with Gasteiger partial charge in [-0.15, -0.1) is 0 Å². The summed E-state index contributed by atoms with van der Waals surface area (Å²) in [5, 5.41) is 9.46. The molecule has 0 spiro atoms. The SMILES string of the molecule is CCCCCCCCCCCCCCCCCCC(=O)OC[C@H](CO)OC(=O)CCCCCCCCCC. The number of hydrogen-bond donors (Lipinski definition) is 1. The maximum absolute atomic E-state index is 12.0. The summed E-state index contributed by atoms with van der Waals surface area (Å²) in [6.07, 6.45) is 30.2. The summed E-state index contributed by atoms with van der Waals surface area (Å²) < 4.78 is 10.5. The highest BCUT2D eigenvalue weighted by Crippen LogP contribution is 2.14. The van der Waals surface area contributed by atoms with Crippen LogP contribution >= 0.6 is 0 Å². The van der Waals surface area contributed by atoms with Gasteiger partial charge in [-0.05, 0) is 12.8 Å². The molecule has 0 heterocycles. The minimum atomic E-state index is -0.758. The average molecular weight is 541 g/mol. The quantitative estimate of drug-likeness (QED) is 0.0725. The van der Waals surface area contributed by atoms with Crippen LogP contribution in [0.25, 0.3) is 0 Å². The largest absolute Gasteiger partial charge is 0.462 e. The van der Waals surface area contributed by atoms with Crippen LogP contribution in [0.1, 0.15) is 181 Å². The van der Waals surface area contributed by atoms with Crippen LogP contribution in [0.2, 0.25) is 0 Å². The van der Waals surface area contributed by atoms with Crippen LogP contribution in [-0.4, -0.2) is 36.4 Å². The Morgan fingerprint density at radius 3 is 1.16 bits per heavy atom. The second kappa shape index (κ2) is 30.4. The van der Waals surface area contributed by atoms with E-state index in [0.29, 0.717) is 12.8 Å². The van der Waals surface area contributed by atoms with Crippen molar-refractivity contribution in [1.82, 2.24) is 0 Å². The van der Waals surface area contributed by atoms with E-state index >= 15 is 0 Å². The summed E-state index contributed by atoms with van der Waals surface area (Å²) in [6.45, 7) is 4.11. The molecule has 1 N–H and O–H groups in total. The maximum Gasteiger partial charge on any atom is 0.306 e. The first-order valence-electron chi connectivity index (χ1n) is 16.6. The van der Waals surface area contributed by atoms with E-state index in [0.717, 1.165) is 32.1 Å². The summed E-state index contributed by atoms with van der Waals surface area (Å²) >= 11 is 0. The van der Waals surface area contributed by atoms with Gasteiger partial charge in [0, 0.05) is 12.8 Å². The molecule has 0 unspecified atom stereocenters. The third kappa shape index (κ3) is 27.9. The van der Waals surface area contributed by atoms with Crippen LogP contribution in [0.3, 0.4) is 0 Å². The van der Waals surface area contributed by atoms with Gasteiger partial charge < -0.3 is 14.6 Å². The molecule has 0 aliphatic rings. The van der Waals surface area contributed by atoms with Crippen molar-refractivity contribution < 1.29 is 24.2 Å². The molecule has 0 rings (SSSR count). The molecule has 0 radical (unpaired) electrons. The zero-order valence-electron chi connectivity index (χ0n) is 25.5. The molecule has 5 nitrogen and oxygen atoms in total. The second-order valence-electron chi connectivity index (χ2n) is 11.3.